The normalized spacial score (nSPS) is 16.4. The zero-order valence-corrected chi connectivity index (χ0v) is 17.3. The number of carboxylic acids is 1. The van der Waals surface area contributed by atoms with Gasteiger partial charge in [-0.25, -0.2) is 9.69 Å². The number of nitrogens with zero attached hydrogens (tertiary/aromatic N) is 1. The van der Waals surface area contributed by atoms with Crippen molar-refractivity contribution in [2.75, 3.05) is 10.2 Å². The average molecular weight is 475 g/mol. The molecule has 2 aromatic carbocycles. The zero-order valence-electron chi connectivity index (χ0n) is 14.9. The monoisotopic (exact) mass is 474 g/mol. The molecular formula is C20H15BrN2O5S. The van der Waals surface area contributed by atoms with E-state index in [2.05, 4.69) is 21.2 Å². The van der Waals surface area contributed by atoms with Gasteiger partial charge in [0.2, 0.25) is 17.7 Å². The minimum absolute atomic E-state index is 0.0809. The maximum atomic E-state index is 12.8. The summed E-state index contributed by atoms with van der Waals surface area (Å²) in [5.74, 6) is -2.36. The number of carbonyl (C=O) groups excluding carboxylic acids is 3. The fourth-order valence-electron chi connectivity index (χ4n) is 2.70. The maximum absolute atomic E-state index is 12.8. The lowest BCUT2D eigenvalue weighted by Gasteiger charge is -2.15. The van der Waals surface area contributed by atoms with E-state index < -0.39 is 17.1 Å². The number of aliphatic carboxylic acids is 1. The Morgan fingerprint density at radius 2 is 1.86 bits per heavy atom. The molecule has 1 heterocycles. The van der Waals surface area contributed by atoms with Crippen LogP contribution in [0.4, 0.5) is 11.4 Å². The molecule has 1 saturated heterocycles. The summed E-state index contributed by atoms with van der Waals surface area (Å²) in [6.45, 7) is 0. The Kier molecular flexibility index (Phi) is 6.50. The third kappa shape index (κ3) is 5.33. The van der Waals surface area contributed by atoms with Gasteiger partial charge in [-0.1, -0.05) is 22.0 Å². The second kappa shape index (κ2) is 9.06. The van der Waals surface area contributed by atoms with Gasteiger partial charge in [-0.15, -0.1) is 11.8 Å². The molecule has 2 N–H and O–H groups in total. The van der Waals surface area contributed by atoms with Gasteiger partial charge in [0.15, 0.2) is 0 Å². The van der Waals surface area contributed by atoms with Crippen LogP contribution in [0.3, 0.4) is 0 Å². The molecule has 3 rings (SSSR count). The molecule has 0 bridgehead atoms. The Hall–Kier alpha value is -2.91. The van der Waals surface area contributed by atoms with E-state index in [4.69, 9.17) is 5.11 Å². The van der Waals surface area contributed by atoms with Gasteiger partial charge in [0, 0.05) is 33.6 Å². The molecule has 1 aliphatic rings. The molecule has 0 spiro atoms. The number of imide groups is 1. The maximum Gasteiger partial charge on any atom is 0.328 e. The fourth-order valence-corrected chi connectivity index (χ4v) is 4.08. The first kappa shape index (κ1) is 20.8. The number of hydrogen-bond donors (Lipinski definition) is 2. The number of amides is 3. The summed E-state index contributed by atoms with van der Waals surface area (Å²) in [4.78, 5) is 49.2. The van der Waals surface area contributed by atoms with Crippen LogP contribution in [0.25, 0.3) is 0 Å². The van der Waals surface area contributed by atoms with Crippen LogP contribution < -0.4 is 10.2 Å². The smallest absolute Gasteiger partial charge is 0.328 e. The number of thioether (sulfide) groups is 1. The van der Waals surface area contributed by atoms with E-state index in [0.717, 1.165) is 16.6 Å². The third-order valence-electron chi connectivity index (χ3n) is 3.95. The summed E-state index contributed by atoms with van der Waals surface area (Å²) in [5, 5.41) is 10.5. The molecule has 0 saturated carbocycles. The molecule has 0 aliphatic carbocycles. The highest BCUT2D eigenvalue weighted by atomic mass is 79.9. The van der Waals surface area contributed by atoms with Gasteiger partial charge >= 0.3 is 5.97 Å². The molecule has 0 unspecified atom stereocenters. The molecule has 7 nitrogen and oxygen atoms in total. The highest BCUT2D eigenvalue weighted by Gasteiger charge is 2.40. The fraction of sp³-hybridized carbons (Fsp3) is 0.100. The van der Waals surface area contributed by atoms with Crippen molar-refractivity contribution in [1.29, 1.82) is 0 Å². The number of nitrogens with one attached hydrogen (secondary N) is 1. The van der Waals surface area contributed by atoms with Crippen molar-refractivity contribution in [2.45, 2.75) is 16.6 Å². The molecular weight excluding hydrogens is 460 g/mol. The van der Waals surface area contributed by atoms with E-state index in [9.17, 15) is 19.2 Å². The number of halogens is 1. The second-order valence-corrected chi connectivity index (χ2v) is 8.23. The van der Waals surface area contributed by atoms with Crippen molar-refractivity contribution < 1.29 is 24.3 Å². The first-order chi connectivity index (χ1) is 13.8. The zero-order chi connectivity index (χ0) is 21.0. The van der Waals surface area contributed by atoms with Crippen molar-refractivity contribution in [1.82, 2.24) is 0 Å². The van der Waals surface area contributed by atoms with Gasteiger partial charge < -0.3 is 10.4 Å². The summed E-state index contributed by atoms with van der Waals surface area (Å²) in [6.07, 6.45) is 1.74. The lowest BCUT2D eigenvalue weighted by atomic mass is 10.3. The molecule has 148 valence electrons. The van der Waals surface area contributed by atoms with E-state index in [1.54, 1.807) is 48.5 Å². The lowest BCUT2D eigenvalue weighted by molar-refractivity contribution is -0.131. The number of rotatable bonds is 6. The molecule has 0 radical (unpaired) electrons. The number of carboxylic acid groups (broad SMARTS) is 1. The third-order valence-corrected chi connectivity index (χ3v) is 5.65. The van der Waals surface area contributed by atoms with E-state index >= 15 is 0 Å². The summed E-state index contributed by atoms with van der Waals surface area (Å²) in [7, 11) is 0. The molecule has 0 aromatic heterocycles. The van der Waals surface area contributed by atoms with Gasteiger partial charge in [-0.3, -0.25) is 14.4 Å². The largest absolute Gasteiger partial charge is 0.478 e. The number of carbonyl (C=O) groups is 4. The lowest BCUT2D eigenvalue weighted by Crippen LogP contribution is -2.31. The predicted octanol–water partition coefficient (Wildman–Crippen LogP) is 3.45. The minimum Gasteiger partial charge on any atom is -0.478 e. The van der Waals surface area contributed by atoms with Crippen molar-refractivity contribution in [3.8, 4) is 0 Å². The van der Waals surface area contributed by atoms with E-state index in [-0.39, 0.29) is 18.2 Å². The molecule has 1 atom stereocenters. The van der Waals surface area contributed by atoms with E-state index in [1.807, 2.05) is 0 Å². The van der Waals surface area contributed by atoms with Gasteiger partial charge in [0.05, 0.1) is 10.9 Å². The van der Waals surface area contributed by atoms with Crippen LogP contribution in [0.2, 0.25) is 0 Å². The Bertz CT molecular complexity index is 1010. The minimum atomic E-state index is -1.22. The summed E-state index contributed by atoms with van der Waals surface area (Å²) in [6, 6.07) is 13.7. The molecule has 1 fully saturated rings. The van der Waals surface area contributed by atoms with Gasteiger partial charge in [0.25, 0.3) is 0 Å². The quantitative estimate of drug-likeness (QED) is 0.490. The van der Waals surface area contributed by atoms with Crippen LogP contribution in [-0.2, 0) is 19.2 Å². The van der Waals surface area contributed by atoms with Gasteiger partial charge in [0.1, 0.15) is 0 Å². The van der Waals surface area contributed by atoms with Crippen LogP contribution in [0.1, 0.15) is 6.42 Å². The van der Waals surface area contributed by atoms with Crippen molar-refractivity contribution in [2.24, 2.45) is 0 Å². The van der Waals surface area contributed by atoms with Crippen LogP contribution in [0.5, 0.6) is 0 Å². The number of benzene rings is 2. The standard InChI is InChI=1S/C20H15BrN2O5S/c21-12-4-6-14(7-5-12)23-18(25)11-16(20(23)28)29-15-3-1-2-13(10-15)22-17(24)8-9-19(26)27/h1-10,16H,11H2,(H,22,24)(H,26,27)/b9-8+/t16-/m0/s1. The van der Waals surface area contributed by atoms with Crippen LogP contribution in [0.15, 0.2) is 70.1 Å². The highest BCUT2D eigenvalue weighted by Crippen LogP contribution is 2.35. The molecule has 29 heavy (non-hydrogen) atoms. The Morgan fingerprint density at radius 1 is 1.14 bits per heavy atom. The van der Waals surface area contributed by atoms with Crippen molar-refractivity contribution >= 4 is 62.8 Å². The Balaban J connectivity index is 1.69. The van der Waals surface area contributed by atoms with Gasteiger partial charge in [-0.2, -0.15) is 0 Å². The summed E-state index contributed by atoms with van der Waals surface area (Å²) in [5.41, 5.74) is 0.981. The topological polar surface area (TPSA) is 104 Å². The van der Waals surface area contributed by atoms with E-state index in [1.165, 1.54) is 16.7 Å². The molecule has 1 aliphatic heterocycles. The van der Waals surface area contributed by atoms with Crippen molar-refractivity contribution in [3.05, 3.63) is 65.2 Å². The SMILES string of the molecule is O=C(O)/C=C/C(=O)Nc1cccc(S[C@H]2CC(=O)N(c3ccc(Br)cc3)C2=O)c1. The number of hydrogen-bond acceptors (Lipinski definition) is 5. The first-order valence-electron chi connectivity index (χ1n) is 8.44. The van der Waals surface area contributed by atoms with Crippen molar-refractivity contribution in [3.63, 3.8) is 0 Å². The van der Waals surface area contributed by atoms with Crippen LogP contribution in [-0.4, -0.2) is 34.0 Å². The van der Waals surface area contributed by atoms with E-state index in [0.29, 0.717) is 16.3 Å². The van der Waals surface area contributed by atoms with Crippen LogP contribution >= 0.6 is 27.7 Å². The average Bonchev–Trinajstić information content (AvgIpc) is 2.94. The summed E-state index contributed by atoms with van der Waals surface area (Å²) < 4.78 is 0.850. The Morgan fingerprint density at radius 3 is 2.55 bits per heavy atom. The predicted molar refractivity (Wildman–Crippen MR) is 113 cm³/mol. The van der Waals surface area contributed by atoms with Crippen LogP contribution in [0, 0.1) is 0 Å². The molecule has 3 amide bonds. The van der Waals surface area contributed by atoms with Gasteiger partial charge in [-0.05, 0) is 42.5 Å². The highest BCUT2D eigenvalue weighted by molar-refractivity contribution is 9.10. The first-order valence-corrected chi connectivity index (χ1v) is 10.1. The summed E-state index contributed by atoms with van der Waals surface area (Å²) >= 11 is 4.56. The molecule has 2 aromatic rings. The molecule has 9 heteroatoms. The Labute approximate surface area is 178 Å². The second-order valence-electron chi connectivity index (χ2n) is 6.04. The number of anilines is 2.